The van der Waals surface area contributed by atoms with E-state index in [2.05, 4.69) is 37.0 Å². The predicted molar refractivity (Wildman–Crippen MR) is 121 cm³/mol. The van der Waals surface area contributed by atoms with Gasteiger partial charge in [0.15, 0.2) is 0 Å². The Morgan fingerprint density at radius 1 is 1.16 bits per heavy atom. The van der Waals surface area contributed by atoms with Crippen molar-refractivity contribution in [2.45, 2.75) is 65.5 Å². The molecule has 1 N–H and O–H groups in total. The van der Waals surface area contributed by atoms with Crippen LogP contribution < -0.4 is 4.90 Å². The van der Waals surface area contributed by atoms with Crippen molar-refractivity contribution in [1.29, 1.82) is 0 Å². The van der Waals surface area contributed by atoms with E-state index in [0.29, 0.717) is 12.4 Å². The zero-order chi connectivity index (χ0) is 23.0. The molecule has 2 heterocycles. The minimum atomic E-state index is -0.768. The van der Waals surface area contributed by atoms with Crippen LogP contribution in [0.25, 0.3) is 0 Å². The fraction of sp³-hybridized carbons (Fsp3) is 0.458. The summed E-state index contributed by atoms with van der Waals surface area (Å²) in [4.78, 5) is 29.6. The van der Waals surface area contributed by atoms with Crippen LogP contribution in [-0.2, 0) is 14.9 Å². The lowest BCUT2D eigenvalue weighted by molar-refractivity contribution is -0.121. The zero-order valence-electron chi connectivity index (χ0n) is 19.4. The van der Waals surface area contributed by atoms with Gasteiger partial charge in [-0.25, -0.2) is 4.79 Å². The standard InChI is InChI=1S/C24H32N4O3/c1-16-10-11-17(23(2,3)4)15-19(16)28(20-12-13-25-26-20)21(29)18-9-8-14-27(18)22(30)31-24(5,6)7/h8-13,15,18H,14H2,1-7H3,(H,25,26). The summed E-state index contributed by atoms with van der Waals surface area (Å²) in [6.07, 6.45) is 4.66. The molecule has 7 heteroatoms. The Balaban J connectivity index is 2.02. The second-order valence-electron chi connectivity index (χ2n) is 9.87. The van der Waals surface area contributed by atoms with Gasteiger partial charge in [0.25, 0.3) is 5.91 Å². The van der Waals surface area contributed by atoms with E-state index >= 15 is 0 Å². The summed E-state index contributed by atoms with van der Waals surface area (Å²) in [7, 11) is 0. The summed E-state index contributed by atoms with van der Waals surface area (Å²) >= 11 is 0. The highest BCUT2D eigenvalue weighted by Gasteiger charge is 2.37. The first kappa shape index (κ1) is 22.6. The van der Waals surface area contributed by atoms with Crippen LogP contribution in [-0.4, -0.2) is 45.3 Å². The van der Waals surface area contributed by atoms with Crippen molar-refractivity contribution in [1.82, 2.24) is 15.1 Å². The number of aromatic amines is 1. The molecule has 1 unspecified atom stereocenters. The number of aryl methyl sites for hydroxylation is 1. The van der Waals surface area contributed by atoms with Gasteiger partial charge in [-0.3, -0.25) is 19.7 Å². The number of aromatic nitrogens is 2. The van der Waals surface area contributed by atoms with Crippen molar-refractivity contribution in [2.75, 3.05) is 11.4 Å². The van der Waals surface area contributed by atoms with Crippen LogP contribution in [0.4, 0.5) is 16.3 Å². The Labute approximate surface area is 184 Å². The molecule has 2 amide bonds. The maximum absolute atomic E-state index is 13.8. The highest BCUT2D eigenvalue weighted by Crippen LogP contribution is 2.34. The molecule has 166 valence electrons. The molecule has 2 aromatic rings. The van der Waals surface area contributed by atoms with E-state index in [9.17, 15) is 9.59 Å². The molecule has 0 saturated carbocycles. The number of nitrogens with one attached hydrogen (secondary N) is 1. The van der Waals surface area contributed by atoms with Crippen molar-refractivity contribution < 1.29 is 14.3 Å². The van der Waals surface area contributed by atoms with Crippen molar-refractivity contribution in [3.05, 3.63) is 53.7 Å². The molecule has 1 aliphatic heterocycles. The molecule has 1 aromatic carbocycles. The second kappa shape index (κ2) is 8.21. The molecule has 0 fully saturated rings. The van der Waals surface area contributed by atoms with Crippen molar-refractivity contribution in [3.63, 3.8) is 0 Å². The summed E-state index contributed by atoms with van der Waals surface area (Å²) in [6.45, 7) is 14.1. The van der Waals surface area contributed by atoms with Gasteiger partial charge in [-0.15, -0.1) is 0 Å². The molecule has 0 radical (unpaired) electrons. The molecule has 3 rings (SSSR count). The molecule has 7 nitrogen and oxygen atoms in total. The lowest BCUT2D eigenvalue weighted by Crippen LogP contribution is -2.48. The first-order valence-corrected chi connectivity index (χ1v) is 10.5. The van der Waals surface area contributed by atoms with Gasteiger partial charge >= 0.3 is 6.09 Å². The molecular formula is C24H32N4O3. The molecule has 0 aliphatic carbocycles. The third-order valence-electron chi connectivity index (χ3n) is 5.10. The number of carbonyl (C=O) groups is 2. The first-order valence-electron chi connectivity index (χ1n) is 10.5. The molecule has 1 atom stereocenters. The largest absolute Gasteiger partial charge is 0.444 e. The monoisotopic (exact) mass is 424 g/mol. The fourth-order valence-electron chi connectivity index (χ4n) is 3.43. The van der Waals surface area contributed by atoms with E-state index in [-0.39, 0.29) is 11.3 Å². The lowest BCUT2D eigenvalue weighted by atomic mass is 9.86. The molecule has 0 spiro atoms. The minimum Gasteiger partial charge on any atom is -0.444 e. The number of H-pyrrole nitrogens is 1. The quantitative estimate of drug-likeness (QED) is 0.714. The molecule has 0 saturated heterocycles. The van der Waals surface area contributed by atoms with E-state index in [1.165, 1.54) is 4.90 Å². The van der Waals surface area contributed by atoms with Crippen LogP contribution in [0.3, 0.4) is 0 Å². The third kappa shape index (κ3) is 4.98. The number of nitrogens with zero attached hydrogens (tertiary/aromatic N) is 3. The van der Waals surface area contributed by atoms with Crippen LogP contribution in [0.15, 0.2) is 42.6 Å². The van der Waals surface area contributed by atoms with Crippen LogP contribution in [0.1, 0.15) is 52.7 Å². The van der Waals surface area contributed by atoms with Crippen LogP contribution in [0.2, 0.25) is 0 Å². The minimum absolute atomic E-state index is 0.0824. The molecule has 31 heavy (non-hydrogen) atoms. The second-order valence-corrected chi connectivity index (χ2v) is 9.87. The van der Waals surface area contributed by atoms with Crippen LogP contribution in [0.5, 0.6) is 0 Å². The van der Waals surface area contributed by atoms with E-state index in [4.69, 9.17) is 4.74 Å². The van der Waals surface area contributed by atoms with E-state index in [1.807, 2.05) is 45.9 Å². The topological polar surface area (TPSA) is 78.5 Å². The highest BCUT2D eigenvalue weighted by atomic mass is 16.6. The number of amides is 2. The average molecular weight is 425 g/mol. The highest BCUT2D eigenvalue weighted by molar-refractivity contribution is 6.05. The predicted octanol–water partition coefficient (Wildman–Crippen LogP) is 4.86. The Hall–Kier alpha value is -3.09. The van der Waals surface area contributed by atoms with Gasteiger partial charge in [-0.2, -0.15) is 5.10 Å². The van der Waals surface area contributed by atoms with Crippen molar-refractivity contribution >= 4 is 23.5 Å². The Bertz CT molecular complexity index is 981. The molecule has 0 bridgehead atoms. The van der Waals surface area contributed by atoms with Gasteiger partial charge in [0.05, 0.1) is 11.9 Å². The van der Waals surface area contributed by atoms with Gasteiger partial charge in [-0.1, -0.05) is 45.1 Å². The van der Waals surface area contributed by atoms with Crippen LogP contribution >= 0.6 is 0 Å². The van der Waals surface area contributed by atoms with Crippen molar-refractivity contribution in [2.24, 2.45) is 0 Å². The van der Waals surface area contributed by atoms with Crippen molar-refractivity contribution in [3.8, 4) is 0 Å². The fourth-order valence-corrected chi connectivity index (χ4v) is 3.43. The third-order valence-corrected chi connectivity index (χ3v) is 5.10. The maximum Gasteiger partial charge on any atom is 0.411 e. The van der Waals surface area contributed by atoms with Gasteiger partial charge in [-0.05, 0) is 50.3 Å². The number of hydrogen-bond donors (Lipinski definition) is 1. The van der Waals surface area contributed by atoms with Gasteiger partial charge in [0.2, 0.25) is 0 Å². The average Bonchev–Trinajstić information content (AvgIpc) is 3.32. The number of hydrogen-bond acceptors (Lipinski definition) is 4. The summed E-state index contributed by atoms with van der Waals surface area (Å²) in [5, 5.41) is 6.94. The smallest absolute Gasteiger partial charge is 0.411 e. The number of benzene rings is 1. The molecule has 1 aliphatic rings. The van der Waals surface area contributed by atoms with Crippen LogP contribution in [0, 0.1) is 6.92 Å². The first-order chi connectivity index (χ1) is 14.4. The Kier molecular flexibility index (Phi) is 5.98. The summed E-state index contributed by atoms with van der Waals surface area (Å²) < 4.78 is 5.52. The normalized spacial score (nSPS) is 16.5. The Morgan fingerprint density at radius 3 is 2.45 bits per heavy atom. The SMILES string of the molecule is Cc1ccc(C(C)(C)C)cc1N(C(=O)C1C=CCN1C(=O)OC(C)(C)C)c1ccn[nH]1. The maximum atomic E-state index is 13.8. The Morgan fingerprint density at radius 2 is 1.87 bits per heavy atom. The summed E-state index contributed by atoms with van der Waals surface area (Å²) in [5.74, 6) is 0.293. The van der Waals surface area contributed by atoms with Gasteiger partial charge in [0, 0.05) is 12.6 Å². The lowest BCUT2D eigenvalue weighted by Gasteiger charge is -2.32. The van der Waals surface area contributed by atoms with E-state index < -0.39 is 17.7 Å². The molecule has 1 aromatic heterocycles. The van der Waals surface area contributed by atoms with Gasteiger partial charge in [0.1, 0.15) is 17.5 Å². The number of anilines is 2. The van der Waals surface area contributed by atoms with Gasteiger partial charge < -0.3 is 4.74 Å². The summed E-state index contributed by atoms with van der Waals surface area (Å²) in [6, 6.07) is 7.11. The number of rotatable bonds is 3. The van der Waals surface area contributed by atoms with E-state index in [0.717, 1.165) is 16.8 Å². The zero-order valence-corrected chi connectivity index (χ0v) is 19.4. The molecular weight excluding hydrogens is 392 g/mol. The van der Waals surface area contributed by atoms with E-state index in [1.54, 1.807) is 23.2 Å². The number of carbonyl (C=O) groups excluding carboxylic acids is 2. The summed E-state index contributed by atoms with van der Waals surface area (Å²) in [5.41, 5.74) is 2.08. The number of ether oxygens (including phenoxy) is 1.